The number of para-hydroxylation sites is 1. The molecule has 1 aromatic rings. The molecule has 3 N–H and O–H groups in total. The number of aryl methyl sites for hydroxylation is 1. The summed E-state index contributed by atoms with van der Waals surface area (Å²) in [4.78, 5) is 0. The van der Waals surface area contributed by atoms with Gasteiger partial charge in [-0.25, -0.2) is 0 Å². The zero-order chi connectivity index (χ0) is 12.1. The first-order valence-electron chi connectivity index (χ1n) is 6.51. The Labute approximate surface area is 103 Å². The van der Waals surface area contributed by atoms with Crippen molar-refractivity contribution in [2.75, 3.05) is 18.4 Å². The summed E-state index contributed by atoms with van der Waals surface area (Å²) in [6.07, 6.45) is 3.00. The molecule has 0 aromatic heterocycles. The zero-order valence-electron chi connectivity index (χ0n) is 10.5. The molecule has 1 atom stereocenters. The molecule has 0 bridgehead atoms. The van der Waals surface area contributed by atoms with Crippen LogP contribution in [0.25, 0.3) is 0 Å². The van der Waals surface area contributed by atoms with Gasteiger partial charge in [0.2, 0.25) is 0 Å². The van der Waals surface area contributed by atoms with Crippen LogP contribution in [0.2, 0.25) is 0 Å². The van der Waals surface area contributed by atoms with Crippen LogP contribution >= 0.6 is 0 Å². The molecule has 0 saturated heterocycles. The molecular weight excluding hydrogens is 212 g/mol. The Kier molecular flexibility index (Phi) is 4.40. The standard InChI is InChI=1S/C14H22N2O/c1-11(17)7-9-15-10-13-5-2-4-12-6-3-8-16-14(12)13/h2,4-5,11,15-17H,3,6-10H2,1H3. The van der Waals surface area contributed by atoms with Crippen LogP contribution in [-0.4, -0.2) is 24.3 Å². The molecule has 1 heterocycles. The second kappa shape index (κ2) is 6.03. The summed E-state index contributed by atoms with van der Waals surface area (Å²) in [6.45, 7) is 4.65. The molecule has 1 unspecified atom stereocenters. The maximum Gasteiger partial charge on any atom is 0.0524 e. The highest BCUT2D eigenvalue weighted by Gasteiger charge is 2.11. The van der Waals surface area contributed by atoms with Crippen LogP contribution in [0.15, 0.2) is 18.2 Å². The molecule has 0 spiro atoms. The lowest BCUT2D eigenvalue weighted by atomic mass is 9.99. The summed E-state index contributed by atoms with van der Waals surface area (Å²) in [5.74, 6) is 0. The van der Waals surface area contributed by atoms with Crippen molar-refractivity contribution < 1.29 is 5.11 Å². The predicted octanol–water partition coefficient (Wildman–Crippen LogP) is 1.91. The third-order valence-electron chi connectivity index (χ3n) is 3.22. The van der Waals surface area contributed by atoms with E-state index in [1.54, 1.807) is 0 Å². The molecule has 2 rings (SSSR count). The van der Waals surface area contributed by atoms with Gasteiger partial charge < -0.3 is 15.7 Å². The molecule has 94 valence electrons. The topological polar surface area (TPSA) is 44.3 Å². The molecular formula is C14H22N2O. The predicted molar refractivity (Wildman–Crippen MR) is 71.3 cm³/mol. The van der Waals surface area contributed by atoms with Crippen molar-refractivity contribution in [2.45, 2.75) is 38.8 Å². The number of aliphatic hydroxyl groups is 1. The highest BCUT2D eigenvalue weighted by atomic mass is 16.3. The van der Waals surface area contributed by atoms with E-state index in [2.05, 4.69) is 28.8 Å². The van der Waals surface area contributed by atoms with Crippen molar-refractivity contribution in [1.29, 1.82) is 0 Å². The molecule has 0 amide bonds. The fourth-order valence-electron chi connectivity index (χ4n) is 2.26. The van der Waals surface area contributed by atoms with Gasteiger partial charge in [-0.1, -0.05) is 18.2 Å². The number of rotatable bonds is 5. The first-order chi connectivity index (χ1) is 8.27. The summed E-state index contributed by atoms with van der Waals surface area (Å²) in [5.41, 5.74) is 4.10. The van der Waals surface area contributed by atoms with Crippen LogP contribution < -0.4 is 10.6 Å². The minimum atomic E-state index is -0.217. The lowest BCUT2D eigenvalue weighted by molar-refractivity contribution is 0.183. The molecule has 0 aliphatic carbocycles. The van der Waals surface area contributed by atoms with Gasteiger partial charge in [-0.05, 0) is 43.9 Å². The Bertz CT molecular complexity index is 363. The van der Waals surface area contributed by atoms with Crippen LogP contribution in [0.3, 0.4) is 0 Å². The number of anilines is 1. The SMILES string of the molecule is CC(O)CCNCc1cccc2c1NCCC2. The van der Waals surface area contributed by atoms with E-state index in [1.807, 2.05) is 6.92 Å². The summed E-state index contributed by atoms with van der Waals surface area (Å²) >= 11 is 0. The van der Waals surface area contributed by atoms with Crippen molar-refractivity contribution >= 4 is 5.69 Å². The maximum atomic E-state index is 9.19. The number of benzene rings is 1. The smallest absolute Gasteiger partial charge is 0.0524 e. The lowest BCUT2D eigenvalue weighted by Crippen LogP contribution is -2.21. The fourth-order valence-corrected chi connectivity index (χ4v) is 2.26. The molecule has 0 saturated carbocycles. The van der Waals surface area contributed by atoms with Gasteiger partial charge in [0.05, 0.1) is 6.10 Å². The molecule has 1 aromatic carbocycles. The Hall–Kier alpha value is -1.06. The number of aliphatic hydroxyl groups excluding tert-OH is 1. The van der Waals surface area contributed by atoms with Crippen molar-refractivity contribution in [1.82, 2.24) is 5.32 Å². The van der Waals surface area contributed by atoms with E-state index >= 15 is 0 Å². The largest absolute Gasteiger partial charge is 0.393 e. The van der Waals surface area contributed by atoms with Crippen LogP contribution in [-0.2, 0) is 13.0 Å². The van der Waals surface area contributed by atoms with Gasteiger partial charge in [-0.3, -0.25) is 0 Å². The van der Waals surface area contributed by atoms with E-state index < -0.39 is 0 Å². The van der Waals surface area contributed by atoms with Gasteiger partial charge in [0.25, 0.3) is 0 Å². The molecule has 1 aliphatic rings. The molecule has 1 aliphatic heterocycles. The second-order valence-corrected chi connectivity index (χ2v) is 4.80. The minimum absolute atomic E-state index is 0.217. The van der Waals surface area contributed by atoms with E-state index in [1.165, 1.54) is 29.7 Å². The van der Waals surface area contributed by atoms with Gasteiger partial charge in [-0.15, -0.1) is 0 Å². The maximum absolute atomic E-state index is 9.19. The van der Waals surface area contributed by atoms with Gasteiger partial charge in [-0.2, -0.15) is 0 Å². The summed E-state index contributed by atoms with van der Waals surface area (Å²) in [7, 11) is 0. The van der Waals surface area contributed by atoms with Crippen LogP contribution in [0.5, 0.6) is 0 Å². The van der Waals surface area contributed by atoms with Crippen molar-refractivity contribution in [3.8, 4) is 0 Å². The average Bonchev–Trinajstić information content (AvgIpc) is 2.34. The Morgan fingerprint density at radius 2 is 2.35 bits per heavy atom. The van der Waals surface area contributed by atoms with Crippen molar-refractivity contribution in [3.63, 3.8) is 0 Å². The molecule has 0 fully saturated rings. The molecule has 17 heavy (non-hydrogen) atoms. The normalized spacial score (nSPS) is 16.1. The lowest BCUT2D eigenvalue weighted by Gasteiger charge is -2.21. The first kappa shape index (κ1) is 12.4. The second-order valence-electron chi connectivity index (χ2n) is 4.80. The monoisotopic (exact) mass is 234 g/mol. The molecule has 3 nitrogen and oxygen atoms in total. The highest BCUT2D eigenvalue weighted by molar-refractivity contribution is 5.59. The van der Waals surface area contributed by atoms with Crippen molar-refractivity contribution in [3.05, 3.63) is 29.3 Å². The average molecular weight is 234 g/mol. The minimum Gasteiger partial charge on any atom is -0.393 e. The van der Waals surface area contributed by atoms with Gasteiger partial charge >= 0.3 is 0 Å². The van der Waals surface area contributed by atoms with Gasteiger partial charge in [0.1, 0.15) is 0 Å². The van der Waals surface area contributed by atoms with E-state index in [4.69, 9.17) is 0 Å². The van der Waals surface area contributed by atoms with E-state index in [-0.39, 0.29) is 6.10 Å². The zero-order valence-corrected chi connectivity index (χ0v) is 10.5. The van der Waals surface area contributed by atoms with Crippen LogP contribution in [0, 0.1) is 0 Å². The molecule has 3 heteroatoms. The summed E-state index contributed by atoms with van der Waals surface area (Å²) in [6, 6.07) is 6.52. The van der Waals surface area contributed by atoms with Crippen molar-refractivity contribution in [2.24, 2.45) is 0 Å². The summed E-state index contributed by atoms with van der Waals surface area (Å²) < 4.78 is 0. The first-order valence-corrected chi connectivity index (χ1v) is 6.51. The van der Waals surface area contributed by atoms with E-state index in [0.29, 0.717) is 0 Å². The van der Waals surface area contributed by atoms with Gasteiger partial charge in [0.15, 0.2) is 0 Å². The Morgan fingerprint density at radius 3 is 3.18 bits per heavy atom. The number of hydrogen-bond acceptors (Lipinski definition) is 3. The van der Waals surface area contributed by atoms with E-state index in [9.17, 15) is 5.11 Å². The number of hydrogen-bond donors (Lipinski definition) is 3. The summed E-state index contributed by atoms with van der Waals surface area (Å²) in [5, 5.41) is 16.1. The number of fused-ring (bicyclic) bond motifs is 1. The van der Waals surface area contributed by atoms with Crippen LogP contribution in [0.4, 0.5) is 5.69 Å². The fraction of sp³-hybridized carbons (Fsp3) is 0.571. The third-order valence-corrected chi connectivity index (χ3v) is 3.22. The number of nitrogens with one attached hydrogen (secondary N) is 2. The van der Waals surface area contributed by atoms with Crippen LogP contribution in [0.1, 0.15) is 30.9 Å². The Balaban J connectivity index is 1.92. The van der Waals surface area contributed by atoms with Gasteiger partial charge in [0, 0.05) is 18.8 Å². The van der Waals surface area contributed by atoms with E-state index in [0.717, 1.165) is 26.1 Å². The third kappa shape index (κ3) is 3.45. The quantitative estimate of drug-likeness (QED) is 0.682. The highest BCUT2D eigenvalue weighted by Crippen LogP contribution is 2.25. The molecule has 0 radical (unpaired) electrons. The Morgan fingerprint density at radius 1 is 1.47 bits per heavy atom.